The molecule has 1 aliphatic rings. The maximum atomic E-state index is 11.4. The minimum atomic E-state index is 0.000556. The fourth-order valence-corrected chi connectivity index (χ4v) is 1.73. The summed E-state index contributed by atoms with van der Waals surface area (Å²) in [4.78, 5) is 13.4. The van der Waals surface area contributed by atoms with E-state index >= 15 is 0 Å². The number of amides is 1. The number of benzene rings is 1. The van der Waals surface area contributed by atoms with Gasteiger partial charge in [-0.2, -0.15) is 0 Å². The number of carbonyl (C=O) groups is 1. The Balaban J connectivity index is 2.57. The zero-order valence-electron chi connectivity index (χ0n) is 7.17. The standard InChI is InChI=1S/C9H9BrN2O/c1-12-5-11-9(13)7-3-2-6(10)4-8(7)12/h2-4H,5H2,1H3,(H,11,13). The summed E-state index contributed by atoms with van der Waals surface area (Å²) in [7, 11) is 1.95. The van der Waals surface area contributed by atoms with E-state index in [1.807, 2.05) is 30.1 Å². The second-order valence-electron chi connectivity index (χ2n) is 3.02. The van der Waals surface area contributed by atoms with Crippen LogP contribution in [-0.2, 0) is 0 Å². The third-order valence-corrected chi connectivity index (χ3v) is 2.59. The van der Waals surface area contributed by atoms with E-state index in [9.17, 15) is 4.79 Å². The van der Waals surface area contributed by atoms with Gasteiger partial charge in [0.1, 0.15) is 0 Å². The molecule has 1 amide bonds. The van der Waals surface area contributed by atoms with Crippen LogP contribution in [0.1, 0.15) is 10.4 Å². The lowest BCUT2D eigenvalue weighted by molar-refractivity contribution is 0.0948. The fraction of sp³-hybridized carbons (Fsp3) is 0.222. The lowest BCUT2D eigenvalue weighted by atomic mass is 10.1. The van der Waals surface area contributed by atoms with Gasteiger partial charge in [0.25, 0.3) is 5.91 Å². The fourth-order valence-electron chi connectivity index (χ4n) is 1.38. The molecule has 1 heterocycles. The first-order valence-corrected chi connectivity index (χ1v) is 4.76. The smallest absolute Gasteiger partial charge is 0.254 e. The van der Waals surface area contributed by atoms with Crippen LogP contribution in [0.15, 0.2) is 22.7 Å². The Bertz CT molecular complexity index is 365. The quantitative estimate of drug-likeness (QED) is 0.748. The van der Waals surface area contributed by atoms with Crippen LogP contribution in [0.4, 0.5) is 5.69 Å². The van der Waals surface area contributed by atoms with Gasteiger partial charge in [0.2, 0.25) is 0 Å². The Morgan fingerprint density at radius 3 is 3.08 bits per heavy atom. The Labute approximate surface area is 84.9 Å². The summed E-state index contributed by atoms with van der Waals surface area (Å²) in [5, 5.41) is 2.78. The van der Waals surface area contributed by atoms with Crippen molar-refractivity contribution in [3.05, 3.63) is 28.2 Å². The summed E-state index contributed by atoms with van der Waals surface area (Å²) >= 11 is 3.38. The van der Waals surface area contributed by atoms with Gasteiger partial charge in [-0.1, -0.05) is 15.9 Å². The summed E-state index contributed by atoms with van der Waals surface area (Å²) in [5.74, 6) is 0.000556. The zero-order valence-corrected chi connectivity index (χ0v) is 8.76. The van der Waals surface area contributed by atoms with Crippen molar-refractivity contribution < 1.29 is 4.79 Å². The van der Waals surface area contributed by atoms with Crippen LogP contribution in [0.25, 0.3) is 0 Å². The number of nitrogens with zero attached hydrogens (tertiary/aromatic N) is 1. The van der Waals surface area contributed by atoms with Crippen LogP contribution >= 0.6 is 15.9 Å². The molecular weight excluding hydrogens is 232 g/mol. The highest BCUT2D eigenvalue weighted by Gasteiger charge is 2.19. The van der Waals surface area contributed by atoms with Crippen molar-refractivity contribution in [1.82, 2.24) is 5.32 Å². The predicted molar refractivity (Wildman–Crippen MR) is 54.9 cm³/mol. The van der Waals surface area contributed by atoms with E-state index in [1.165, 1.54) is 0 Å². The summed E-state index contributed by atoms with van der Waals surface area (Å²) in [6.07, 6.45) is 0. The SMILES string of the molecule is CN1CNC(=O)c2ccc(Br)cc21. The first-order valence-electron chi connectivity index (χ1n) is 3.97. The highest BCUT2D eigenvalue weighted by atomic mass is 79.9. The van der Waals surface area contributed by atoms with E-state index in [4.69, 9.17) is 0 Å². The van der Waals surface area contributed by atoms with Crippen LogP contribution in [0.5, 0.6) is 0 Å². The van der Waals surface area contributed by atoms with Gasteiger partial charge >= 0.3 is 0 Å². The molecule has 1 N–H and O–H groups in total. The van der Waals surface area contributed by atoms with E-state index in [1.54, 1.807) is 0 Å². The van der Waals surface area contributed by atoms with Gasteiger partial charge in [0.15, 0.2) is 0 Å². The molecule has 13 heavy (non-hydrogen) atoms. The molecular formula is C9H9BrN2O. The summed E-state index contributed by atoms with van der Waals surface area (Å²) < 4.78 is 0.993. The van der Waals surface area contributed by atoms with E-state index in [2.05, 4.69) is 21.2 Å². The molecule has 4 heteroatoms. The Morgan fingerprint density at radius 2 is 2.31 bits per heavy atom. The monoisotopic (exact) mass is 240 g/mol. The number of anilines is 1. The van der Waals surface area contributed by atoms with E-state index in [0.717, 1.165) is 15.7 Å². The van der Waals surface area contributed by atoms with Gasteiger partial charge in [-0.25, -0.2) is 0 Å². The van der Waals surface area contributed by atoms with Crippen LogP contribution in [0.2, 0.25) is 0 Å². The van der Waals surface area contributed by atoms with Gasteiger partial charge < -0.3 is 10.2 Å². The van der Waals surface area contributed by atoms with Crippen molar-refractivity contribution in [3.8, 4) is 0 Å². The van der Waals surface area contributed by atoms with E-state index in [0.29, 0.717) is 6.67 Å². The molecule has 68 valence electrons. The van der Waals surface area contributed by atoms with Crippen LogP contribution in [0.3, 0.4) is 0 Å². The van der Waals surface area contributed by atoms with Gasteiger partial charge in [-0.15, -0.1) is 0 Å². The van der Waals surface area contributed by atoms with Crippen molar-refractivity contribution in [1.29, 1.82) is 0 Å². The number of hydrogen-bond donors (Lipinski definition) is 1. The number of halogens is 1. The van der Waals surface area contributed by atoms with Crippen LogP contribution in [0, 0.1) is 0 Å². The molecule has 0 atom stereocenters. The van der Waals surface area contributed by atoms with E-state index in [-0.39, 0.29) is 5.91 Å². The van der Waals surface area contributed by atoms with Crippen molar-refractivity contribution in [2.24, 2.45) is 0 Å². The molecule has 3 nitrogen and oxygen atoms in total. The molecule has 0 aromatic heterocycles. The molecule has 0 aliphatic carbocycles. The average Bonchev–Trinajstić information content (AvgIpc) is 2.12. The van der Waals surface area contributed by atoms with Crippen molar-refractivity contribution in [2.45, 2.75) is 0 Å². The molecule has 1 aliphatic heterocycles. The molecule has 0 unspecified atom stereocenters. The van der Waals surface area contributed by atoms with Gasteiger partial charge in [-0.05, 0) is 18.2 Å². The third kappa shape index (κ3) is 1.42. The Morgan fingerprint density at radius 1 is 1.54 bits per heavy atom. The van der Waals surface area contributed by atoms with Gasteiger partial charge in [0, 0.05) is 11.5 Å². The molecule has 0 saturated heterocycles. The highest BCUT2D eigenvalue weighted by Crippen LogP contribution is 2.25. The molecule has 1 aromatic carbocycles. The Kier molecular flexibility index (Phi) is 2.00. The zero-order chi connectivity index (χ0) is 9.42. The maximum Gasteiger partial charge on any atom is 0.254 e. The highest BCUT2D eigenvalue weighted by molar-refractivity contribution is 9.10. The normalized spacial score (nSPS) is 15.2. The largest absolute Gasteiger partial charge is 0.356 e. The summed E-state index contributed by atoms with van der Waals surface area (Å²) in [6.45, 7) is 0.572. The second-order valence-corrected chi connectivity index (χ2v) is 3.94. The summed E-state index contributed by atoms with van der Waals surface area (Å²) in [6, 6.07) is 5.65. The van der Waals surface area contributed by atoms with Crippen LogP contribution < -0.4 is 10.2 Å². The molecule has 2 rings (SSSR count). The van der Waals surface area contributed by atoms with Crippen molar-refractivity contribution in [3.63, 3.8) is 0 Å². The number of fused-ring (bicyclic) bond motifs is 1. The number of nitrogens with one attached hydrogen (secondary N) is 1. The number of hydrogen-bond acceptors (Lipinski definition) is 2. The minimum absolute atomic E-state index is 0.000556. The summed E-state index contributed by atoms with van der Waals surface area (Å²) in [5.41, 5.74) is 1.70. The average molecular weight is 241 g/mol. The van der Waals surface area contributed by atoms with Gasteiger partial charge in [0.05, 0.1) is 17.9 Å². The maximum absolute atomic E-state index is 11.4. The lowest BCUT2D eigenvalue weighted by Crippen LogP contribution is -2.41. The molecule has 0 saturated carbocycles. The van der Waals surface area contributed by atoms with Crippen molar-refractivity contribution >= 4 is 27.5 Å². The number of rotatable bonds is 0. The van der Waals surface area contributed by atoms with Gasteiger partial charge in [-0.3, -0.25) is 4.79 Å². The predicted octanol–water partition coefficient (Wildman–Crippen LogP) is 1.59. The number of carbonyl (C=O) groups excluding carboxylic acids is 1. The molecule has 0 bridgehead atoms. The molecule has 0 spiro atoms. The first kappa shape index (κ1) is 8.56. The van der Waals surface area contributed by atoms with E-state index < -0.39 is 0 Å². The molecule has 1 aromatic rings. The third-order valence-electron chi connectivity index (χ3n) is 2.09. The van der Waals surface area contributed by atoms with Crippen molar-refractivity contribution in [2.75, 3.05) is 18.6 Å². The molecule has 0 fully saturated rings. The lowest BCUT2D eigenvalue weighted by Gasteiger charge is -2.27. The topological polar surface area (TPSA) is 32.3 Å². The minimum Gasteiger partial charge on any atom is -0.356 e. The molecule has 0 radical (unpaired) electrons. The first-order chi connectivity index (χ1) is 6.18. The Hall–Kier alpha value is -1.03. The van der Waals surface area contributed by atoms with Crippen LogP contribution in [-0.4, -0.2) is 19.6 Å². The second kappa shape index (κ2) is 3.03.